The Morgan fingerprint density at radius 1 is 1.30 bits per heavy atom. The molecule has 0 spiro atoms. The molecule has 0 aliphatic carbocycles. The van der Waals surface area contributed by atoms with Crippen LogP contribution < -0.4 is 4.74 Å². The van der Waals surface area contributed by atoms with Gasteiger partial charge in [0.05, 0.1) is 20.3 Å². The van der Waals surface area contributed by atoms with E-state index < -0.39 is 0 Å². The van der Waals surface area contributed by atoms with Gasteiger partial charge < -0.3 is 14.0 Å². The second-order valence-electron chi connectivity index (χ2n) is 5.81. The number of benzene rings is 1. The lowest BCUT2D eigenvalue weighted by Gasteiger charge is -2.13. The van der Waals surface area contributed by atoms with Crippen molar-refractivity contribution in [2.45, 2.75) is 18.9 Å². The minimum absolute atomic E-state index is 0.342. The Bertz CT molecular complexity index is 822. The predicted molar refractivity (Wildman–Crippen MR) is 87.8 cm³/mol. The summed E-state index contributed by atoms with van der Waals surface area (Å²) in [6.45, 7) is 2.28. The standard InChI is InChI=1S/C18H19N3O2/c1-22-15-5-2-4-13(10-15)11-21-17(14-7-9-23-12-14)20-16-6-3-8-19-18(16)21/h2-6,8,10,14H,7,9,11-12H2,1H3. The van der Waals surface area contributed by atoms with Gasteiger partial charge in [-0.2, -0.15) is 0 Å². The Hall–Kier alpha value is -2.40. The fraction of sp³-hybridized carbons (Fsp3) is 0.333. The SMILES string of the molecule is COc1cccc(Cn2c(C3CCOC3)nc3cccnc32)c1. The summed E-state index contributed by atoms with van der Waals surface area (Å²) in [5, 5.41) is 0. The zero-order valence-electron chi connectivity index (χ0n) is 13.1. The quantitative estimate of drug-likeness (QED) is 0.743. The Balaban J connectivity index is 1.78. The zero-order valence-corrected chi connectivity index (χ0v) is 13.1. The number of imidazole rings is 1. The van der Waals surface area contributed by atoms with Crippen molar-refractivity contribution in [3.05, 3.63) is 54.0 Å². The molecule has 0 N–H and O–H groups in total. The van der Waals surface area contributed by atoms with Gasteiger partial charge in [0, 0.05) is 18.7 Å². The number of fused-ring (bicyclic) bond motifs is 1. The van der Waals surface area contributed by atoms with Gasteiger partial charge in [-0.05, 0) is 36.2 Å². The van der Waals surface area contributed by atoms with Crippen LogP contribution in [0.5, 0.6) is 5.75 Å². The maximum absolute atomic E-state index is 5.56. The lowest BCUT2D eigenvalue weighted by Crippen LogP contribution is -2.11. The summed E-state index contributed by atoms with van der Waals surface area (Å²) in [4.78, 5) is 9.36. The van der Waals surface area contributed by atoms with Crippen molar-refractivity contribution in [2.24, 2.45) is 0 Å². The van der Waals surface area contributed by atoms with Gasteiger partial charge in [-0.3, -0.25) is 0 Å². The second kappa shape index (κ2) is 6.01. The Morgan fingerprint density at radius 2 is 2.26 bits per heavy atom. The fourth-order valence-electron chi connectivity index (χ4n) is 3.14. The third-order valence-electron chi connectivity index (χ3n) is 4.30. The van der Waals surface area contributed by atoms with E-state index in [1.807, 2.05) is 30.5 Å². The van der Waals surface area contributed by atoms with Gasteiger partial charge in [0.15, 0.2) is 5.65 Å². The van der Waals surface area contributed by atoms with Gasteiger partial charge in [0.25, 0.3) is 0 Å². The van der Waals surface area contributed by atoms with Crippen LogP contribution in [0.15, 0.2) is 42.6 Å². The second-order valence-corrected chi connectivity index (χ2v) is 5.81. The molecule has 2 aromatic heterocycles. The number of methoxy groups -OCH3 is 1. The molecule has 3 aromatic rings. The summed E-state index contributed by atoms with van der Waals surface area (Å²) >= 11 is 0. The highest BCUT2D eigenvalue weighted by molar-refractivity contribution is 5.71. The predicted octanol–water partition coefficient (Wildman–Crippen LogP) is 2.99. The number of ether oxygens (including phenoxy) is 2. The van der Waals surface area contributed by atoms with E-state index in [1.54, 1.807) is 7.11 Å². The average molecular weight is 309 g/mol. The number of hydrogen-bond donors (Lipinski definition) is 0. The Morgan fingerprint density at radius 3 is 3.09 bits per heavy atom. The van der Waals surface area contributed by atoms with Crippen LogP contribution >= 0.6 is 0 Å². The summed E-state index contributed by atoms with van der Waals surface area (Å²) in [7, 11) is 1.69. The summed E-state index contributed by atoms with van der Waals surface area (Å²) in [6.07, 6.45) is 2.84. The fourth-order valence-corrected chi connectivity index (χ4v) is 3.14. The number of hydrogen-bond acceptors (Lipinski definition) is 4. The molecular weight excluding hydrogens is 290 g/mol. The summed E-state index contributed by atoms with van der Waals surface area (Å²) in [5.74, 6) is 2.28. The third kappa shape index (κ3) is 2.68. The van der Waals surface area contributed by atoms with E-state index in [1.165, 1.54) is 5.56 Å². The van der Waals surface area contributed by atoms with Crippen LogP contribution in [0, 0.1) is 0 Å². The van der Waals surface area contributed by atoms with Crippen molar-refractivity contribution in [3.8, 4) is 5.75 Å². The van der Waals surface area contributed by atoms with Gasteiger partial charge in [-0.25, -0.2) is 9.97 Å². The van der Waals surface area contributed by atoms with Crippen LogP contribution in [-0.4, -0.2) is 34.9 Å². The molecule has 1 aromatic carbocycles. The topological polar surface area (TPSA) is 49.2 Å². The van der Waals surface area contributed by atoms with E-state index >= 15 is 0 Å². The lowest BCUT2D eigenvalue weighted by molar-refractivity contribution is 0.193. The molecule has 1 aliphatic rings. The van der Waals surface area contributed by atoms with Gasteiger partial charge in [-0.15, -0.1) is 0 Å². The summed E-state index contributed by atoms with van der Waals surface area (Å²) in [5.41, 5.74) is 3.05. The number of nitrogens with zero attached hydrogens (tertiary/aromatic N) is 3. The molecule has 0 amide bonds. The molecule has 5 heteroatoms. The van der Waals surface area contributed by atoms with Crippen molar-refractivity contribution in [1.29, 1.82) is 0 Å². The molecular formula is C18H19N3O2. The minimum atomic E-state index is 0.342. The van der Waals surface area contributed by atoms with Crippen LogP contribution in [0.25, 0.3) is 11.2 Å². The van der Waals surface area contributed by atoms with E-state index in [-0.39, 0.29) is 0 Å². The van der Waals surface area contributed by atoms with Gasteiger partial charge >= 0.3 is 0 Å². The van der Waals surface area contributed by atoms with Crippen molar-refractivity contribution in [2.75, 3.05) is 20.3 Å². The molecule has 118 valence electrons. The Labute approximate surface area is 134 Å². The van der Waals surface area contributed by atoms with E-state index in [4.69, 9.17) is 14.5 Å². The van der Waals surface area contributed by atoms with Crippen molar-refractivity contribution < 1.29 is 9.47 Å². The first-order valence-corrected chi connectivity index (χ1v) is 7.87. The zero-order chi connectivity index (χ0) is 15.6. The molecule has 3 heterocycles. The lowest BCUT2D eigenvalue weighted by atomic mass is 10.1. The average Bonchev–Trinajstić information content (AvgIpc) is 3.23. The molecule has 1 unspecified atom stereocenters. The Kier molecular flexibility index (Phi) is 3.71. The molecule has 5 nitrogen and oxygen atoms in total. The third-order valence-corrected chi connectivity index (χ3v) is 4.30. The normalized spacial score (nSPS) is 17.7. The number of rotatable bonds is 4. The highest BCUT2D eigenvalue weighted by Gasteiger charge is 2.24. The van der Waals surface area contributed by atoms with Crippen LogP contribution in [-0.2, 0) is 11.3 Å². The maximum atomic E-state index is 5.56. The maximum Gasteiger partial charge on any atom is 0.160 e. The molecule has 0 saturated carbocycles. The van der Waals surface area contributed by atoms with Crippen LogP contribution in [0.1, 0.15) is 23.7 Å². The minimum Gasteiger partial charge on any atom is -0.497 e. The van der Waals surface area contributed by atoms with Crippen molar-refractivity contribution in [1.82, 2.24) is 14.5 Å². The number of aromatic nitrogens is 3. The van der Waals surface area contributed by atoms with E-state index in [2.05, 4.69) is 21.7 Å². The first-order valence-electron chi connectivity index (χ1n) is 7.87. The summed E-state index contributed by atoms with van der Waals surface area (Å²) in [6, 6.07) is 12.1. The van der Waals surface area contributed by atoms with Crippen molar-refractivity contribution >= 4 is 11.2 Å². The van der Waals surface area contributed by atoms with E-state index in [0.29, 0.717) is 5.92 Å². The summed E-state index contributed by atoms with van der Waals surface area (Å²) < 4.78 is 13.1. The molecule has 0 bridgehead atoms. The molecule has 23 heavy (non-hydrogen) atoms. The van der Waals surface area contributed by atoms with Crippen molar-refractivity contribution in [3.63, 3.8) is 0 Å². The number of pyridine rings is 1. The highest BCUT2D eigenvalue weighted by atomic mass is 16.5. The van der Waals surface area contributed by atoms with E-state index in [9.17, 15) is 0 Å². The molecule has 4 rings (SSSR count). The molecule has 1 aliphatic heterocycles. The van der Waals surface area contributed by atoms with Gasteiger partial charge in [-0.1, -0.05) is 12.1 Å². The van der Waals surface area contributed by atoms with E-state index in [0.717, 1.165) is 48.9 Å². The molecule has 1 saturated heterocycles. The smallest absolute Gasteiger partial charge is 0.160 e. The van der Waals surface area contributed by atoms with Gasteiger partial charge in [0.2, 0.25) is 0 Å². The molecule has 1 atom stereocenters. The van der Waals surface area contributed by atoms with Crippen LogP contribution in [0.4, 0.5) is 0 Å². The monoisotopic (exact) mass is 309 g/mol. The molecule has 1 fully saturated rings. The van der Waals surface area contributed by atoms with Crippen LogP contribution in [0.3, 0.4) is 0 Å². The largest absolute Gasteiger partial charge is 0.497 e. The first-order chi connectivity index (χ1) is 11.3. The highest BCUT2D eigenvalue weighted by Crippen LogP contribution is 2.28. The van der Waals surface area contributed by atoms with Crippen LogP contribution in [0.2, 0.25) is 0 Å². The molecule has 0 radical (unpaired) electrons. The van der Waals surface area contributed by atoms with Gasteiger partial charge in [0.1, 0.15) is 17.1 Å². The first kappa shape index (κ1) is 14.2.